The van der Waals surface area contributed by atoms with Crippen molar-refractivity contribution in [3.63, 3.8) is 0 Å². The van der Waals surface area contributed by atoms with Gasteiger partial charge in [-0.2, -0.15) is 0 Å². The van der Waals surface area contributed by atoms with Gasteiger partial charge in [-0.25, -0.2) is 4.79 Å². The molecule has 1 aromatic carbocycles. The summed E-state index contributed by atoms with van der Waals surface area (Å²) in [5, 5.41) is 15.8. The van der Waals surface area contributed by atoms with E-state index in [1.807, 2.05) is 39.0 Å². The van der Waals surface area contributed by atoms with Crippen LogP contribution in [0.15, 0.2) is 30.3 Å². The largest absolute Gasteiger partial charge is 0.444 e. The molecule has 2 fully saturated rings. The van der Waals surface area contributed by atoms with Crippen LogP contribution in [0.4, 0.5) is 4.79 Å². The van der Waals surface area contributed by atoms with Gasteiger partial charge in [-0.1, -0.05) is 30.3 Å². The fourth-order valence-corrected chi connectivity index (χ4v) is 3.47. The van der Waals surface area contributed by atoms with Gasteiger partial charge in [-0.3, -0.25) is 4.90 Å². The second kappa shape index (κ2) is 12.1. The first-order valence-electron chi connectivity index (χ1n) is 10.7. The van der Waals surface area contributed by atoms with Crippen LogP contribution >= 0.6 is 0 Å². The third-order valence-electron chi connectivity index (χ3n) is 4.86. The zero-order valence-electron chi connectivity index (χ0n) is 18.2. The first kappa shape index (κ1) is 23.6. The van der Waals surface area contributed by atoms with Crippen molar-refractivity contribution in [1.29, 1.82) is 0 Å². The number of amides is 1. The van der Waals surface area contributed by atoms with Gasteiger partial charge in [0.2, 0.25) is 0 Å². The minimum atomic E-state index is -0.498. The van der Waals surface area contributed by atoms with Crippen molar-refractivity contribution in [2.24, 2.45) is 0 Å². The maximum absolute atomic E-state index is 12.4. The first-order valence-corrected chi connectivity index (χ1v) is 10.7. The van der Waals surface area contributed by atoms with Gasteiger partial charge in [0.25, 0.3) is 0 Å². The summed E-state index contributed by atoms with van der Waals surface area (Å²) in [7, 11) is 0. The molecule has 1 aromatic rings. The third kappa shape index (κ3) is 9.12. The lowest BCUT2D eigenvalue weighted by Crippen LogP contribution is -2.56. The highest BCUT2D eigenvalue weighted by molar-refractivity contribution is 5.68. The van der Waals surface area contributed by atoms with Crippen LogP contribution in [0, 0.1) is 0 Å². The molecule has 2 aliphatic heterocycles. The standard InChI is InChI=1S/C18H28N2O3.C4H10N2/c1-18(2,3)23-17(22)20-11-10-19(14-16(20)9-12-21)13-15-7-5-4-6-8-15;1-2-6-4-3-5-1/h4-8,16,21H,9-14H2,1-3H3;5-6H,1-4H2. The van der Waals surface area contributed by atoms with Gasteiger partial charge in [0.1, 0.15) is 5.60 Å². The molecular weight excluding hydrogens is 368 g/mol. The number of hydrogen-bond donors (Lipinski definition) is 3. The number of hydrogen-bond acceptors (Lipinski definition) is 6. The quantitative estimate of drug-likeness (QED) is 0.706. The summed E-state index contributed by atoms with van der Waals surface area (Å²) >= 11 is 0. The maximum atomic E-state index is 12.4. The molecule has 0 spiro atoms. The number of aliphatic hydroxyl groups is 1. The van der Waals surface area contributed by atoms with Crippen LogP contribution in [-0.2, 0) is 11.3 Å². The highest BCUT2D eigenvalue weighted by Gasteiger charge is 2.32. The van der Waals surface area contributed by atoms with Crippen LogP contribution < -0.4 is 10.6 Å². The molecule has 0 saturated carbocycles. The van der Waals surface area contributed by atoms with Crippen molar-refractivity contribution in [1.82, 2.24) is 20.4 Å². The first-order chi connectivity index (χ1) is 13.9. The van der Waals surface area contributed by atoms with Crippen molar-refractivity contribution in [3.8, 4) is 0 Å². The van der Waals surface area contributed by atoms with Gasteiger partial charge in [0, 0.05) is 65.0 Å². The molecule has 7 nitrogen and oxygen atoms in total. The van der Waals surface area contributed by atoms with Gasteiger partial charge in [-0.05, 0) is 32.8 Å². The molecule has 3 rings (SSSR count). The van der Waals surface area contributed by atoms with Crippen molar-refractivity contribution < 1.29 is 14.6 Å². The molecule has 2 heterocycles. The Bertz CT molecular complexity index is 576. The Morgan fingerprint density at radius 3 is 2.24 bits per heavy atom. The number of carbonyl (C=O) groups is 1. The monoisotopic (exact) mass is 406 g/mol. The Morgan fingerprint density at radius 1 is 1.10 bits per heavy atom. The number of nitrogens with zero attached hydrogens (tertiary/aromatic N) is 2. The molecule has 2 aliphatic rings. The third-order valence-corrected chi connectivity index (χ3v) is 4.86. The van der Waals surface area contributed by atoms with E-state index in [2.05, 4.69) is 27.7 Å². The molecule has 1 amide bonds. The summed E-state index contributed by atoms with van der Waals surface area (Å²) in [5.41, 5.74) is 0.767. The van der Waals surface area contributed by atoms with Crippen LogP contribution in [0.3, 0.4) is 0 Å². The Kier molecular flexibility index (Phi) is 9.87. The molecule has 1 unspecified atom stereocenters. The highest BCUT2D eigenvalue weighted by Crippen LogP contribution is 2.19. The van der Waals surface area contributed by atoms with Gasteiger partial charge in [-0.15, -0.1) is 0 Å². The number of carbonyl (C=O) groups excluding carboxylic acids is 1. The van der Waals surface area contributed by atoms with Crippen LogP contribution in [-0.4, -0.2) is 85.1 Å². The summed E-state index contributed by atoms with van der Waals surface area (Å²) in [5.74, 6) is 0. The van der Waals surface area contributed by atoms with Gasteiger partial charge >= 0.3 is 6.09 Å². The topological polar surface area (TPSA) is 77.1 Å². The van der Waals surface area contributed by atoms with E-state index in [-0.39, 0.29) is 18.7 Å². The summed E-state index contributed by atoms with van der Waals surface area (Å²) < 4.78 is 5.49. The van der Waals surface area contributed by atoms with Gasteiger partial charge in [0.05, 0.1) is 0 Å². The number of benzene rings is 1. The highest BCUT2D eigenvalue weighted by atomic mass is 16.6. The Morgan fingerprint density at radius 2 is 1.72 bits per heavy atom. The molecule has 164 valence electrons. The van der Waals surface area contributed by atoms with E-state index in [0.717, 1.165) is 45.8 Å². The lowest BCUT2D eigenvalue weighted by molar-refractivity contribution is -0.00610. The normalized spacial score (nSPS) is 20.6. The van der Waals surface area contributed by atoms with E-state index in [0.29, 0.717) is 13.0 Å². The second-order valence-corrected chi connectivity index (χ2v) is 8.56. The number of rotatable bonds is 4. The molecule has 0 radical (unpaired) electrons. The predicted molar refractivity (Wildman–Crippen MR) is 116 cm³/mol. The summed E-state index contributed by atoms with van der Waals surface area (Å²) in [6.07, 6.45) is 0.292. The zero-order chi connectivity index (χ0) is 21.1. The summed E-state index contributed by atoms with van der Waals surface area (Å²) in [6.45, 7) is 13.3. The van der Waals surface area contributed by atoms with Crippen molar-refractivity contribution in [2.75, 3.05) is 52.4 Å². The van der Waals surface area contributed by atoms with E-state index in [9.17, 15) is 9.90 Å². The minimum absolute atomic E-state index is 0.00712. The lowest BCUT2D eigenvalue weighted by Gasteiger charge is -2.41. The van der Waals surface area contributed by atoms with E-state index in [4.69, 9.17) is 4.74 Å². The Balaban J connectivity index is 0.000000426. The van der Waals surface area contributed by atoms with E-state index in [1.54, 1.807) is 4.90 Å². The van der Waals surface area contributed by atoms with Crippen LogP contribution in [0.25, 0.3) is 0 Å². The number of nitrogens with one attached hydrogen (secondary N) is 2. The molecule has 7 heteroatoms. The fraction of sp³-hybridized carbons (Fsp3) is 0.682. The van der Waals surface area contributed by atoms with Gasteiger partial charge < -0.3 is 25.4 Å². The number of piperazine rings is 2. The van der Waals surface area contributed by atoms with E-state index >= 15 is 0 Å². The van der Waals surface area contributed by atoms with Gasteiger partial charge in [0.15, 0.2) is 0 Å². The summed E-state index contributed by atoms with van der Waals surface area (Å²) in [4.78, 5) is 16.5. The number of ether oxygens (including phenoxy) is 1. The molecule has 0 bridgehead atoms. The Labute approximate surface area is 175 Å². The molecule has 0 aliphatic carbocycles. The second-order valence-electron chi connectivity index (χ2n) is 8.56. The minimum Gasteiger partial charge on any atom is -0.444 e. The van der Waals surface area contributed by atoms with E-state index in [1.165, 1.54) is 5.56 Å². The smallest absolute Gasteiger partial charge is 0.410 e. The lowest BCUT2D eigenvalue weighted by atomic mass is 10.1. The number of aliphatic hydroxyl groups excluding tert-OH is 1. The summed E-state index contributed by atoms with van der Waals surface area (Å²) in [6, 6.07) is 10.3. The van der Waals surface area contributed by atoms with Crippen molar-refractivity contribution in [2.45, 2.75) is 45.4 Å². The zero-order valence-corrected chi connectivity index (χ0v) is 18.2. The Hall–Kier alpha value is -1.67. The molecule has 0 aromatic heterocycles. The molecule has 3 N–H and O–H groups in total. The predicted octanol–water partition coefficient (Wildman–Crippen LogP) is 1.67. The van der Waals surface area contributed by atoms with Crippen LogP contribution in [0.1, 0.15) is 32.8 Å². The molecule has 29 heavy (non-hydrogen) atoms. The molecule has 1 atom stereocenters. The van der Waals surface area contributed by atoms with Crippen molar-refractivity contribution in [3.05, 3.63) is 35.9 Å². The average Bonchev–Trinajstić information content (AvgIpc) is 2.70. The fourth-order valence-electron chi connectivity index (χ4n) is 3.47. The SMILES string of the molecule is C1CNCCN1.CC(C)(C)OC(=O)N1CCN(Cc2ccccc2)CC1CCO. The maximum Gasteiger partial charge on any atom is 0.410 e. The van der Waals surface area contributed by atoms with Crippen LogP contribution in [0.2, 0.25) is 0 Å². The van der Waals surface area contributed by atoms with Crippen molar-refractivity contribution >= 4 is 6.09 Å². The molecular formula is C22H38N4O3. The molecule has 2 saturated heterocycles. The van der Waals surface area contributed by atoms with Crippen LogP contribution in [0.5, 0.6) is 0 Å². The average molecular weight is 407 g/mol. The van der Waals surface area contributed by atoms with E-state index < -0.39 is 5.60 Å².